The van der Waals surface area contributed by atoms with Crippen molar-refractivity contribution >= 4 is 50.5 Å². The third-order valence-electron chi connectivity index (χ3n) is 2.31. The van der Waals surface area contributed by atoms with Crippen LogP contribution < -0.4 is 5.32 Å². The monoisotopic (exact) mass is 359 g/mol. The number of imide groups is 1. The zero-order chi connectivity index (χ0) is 16.2. The lowest BCUT2D eigenvalue weighted by molar-refractivity contribution is -0.136. The van der Waals surface area contributed by atoms with Crippen LogP contribution in [0.15, 0.2) is 30.3 Å². The van der Waals surface area contributed by atoms with Crippen molar-refractivity contribution < 1.29 is 19.5 Å². The Balaban J connectivity index is 0.000000175. The molecule has 5 nitrogen and oxygen atoms in total. The number of rotatable bonds is 2. The molecule has 2 N–H and O–H groups in total. The molecule has 3 rings (SSSR count). The first-order chi connectivity index (χ1) is 10.6. The van der Waals surface area contributed by atoms with E-state index in [2.05, 4.69) is 5.32 Å². The smallest absolute Gasteiger partial charge is 0.307 e. The van der Waals surface area contributed by atoms with Gasteiger partial charge in [-0.05, 0) is 12.0 Å². The van der Waals surface area contributed by atoms with Gasteiger partial charge in [-0.2, -0.15) is 0 Å². The number of hydrogen-bond acceptors (Lipinski definition) is 6. The van der Waals surface area contributed by atoms with Crippen molar-refractivity contribution in [1.82, 2.24) is 5.32 Å². The predicted molar refractivity (Wildman–Crippen MR) is 93.3 cm³/mol. The minimum atomic E-state index is -0.786. The molecule has 2 saturated heterocycles. The minimum Gasteiger partial charge on any atom is -0.481 e. The highest BCUT2D eigenvalue weighted by atomic mass is 33.1. The highest BCUT2D eigenvalue weighted by Crippen LogP contribution is 2.29. The average Bonchev–Trinajstić information content (AvgIpc) is 3.15. The van der Waals surface area contributed by atoms with E-state index >= 15 is 0 Å². The maximum atomic E-state index is 10.2. The number of aliphatic carboxylic acids is 1. The Labute approximate surface area is 141 Å². The van der Waals surface area contributed by atoms with Crippen LogP contribution in [0.5, 0.6) is 0 Å². The second-order valence-corrected chi connectivity index (χ2v) is 7.83. The lowest BCUT2D eigenvalue weighted by atomic mass is 10.2. The van der Waals surface area contributed by atoms with Crippen LogP contribution in [-0.2, 0) is 16.0 Å². The average molecular weight is 359 g/mol. The van der Waals surface area contributed by atoms with E-state index in [1.54, 1.807) is 12.1 Å². The molecule has 0 atom stereocenters. The first-order valence-corrected chi connectivity index (χ1v) is 10.0. The molecule has 2 amide bonds. The number of thioether (sulfide) groups is 1. The Bertz CT molecular complexity index is 471. The van der Waals surface area contributed by atoms with Crippen molar-refractivity contribution in [3.05, 3.63) is 35.9 Å². The lowest BCUT2D eigenvalue weighted by Gasteiger charge is -1.92. The highest BCUT2D eigenvalue weighted by molar-refractivity contribution is 8.77. The van der Waals surface area contributed by atoms with Crippen LogP contribution in [0.25, 0.3) is 0 Å². The number of hydrogen-bond donors (Lipinski definition) is 2. The van der Waals surface area contributed by atoms with Gasteiger partial charge in [0, 0.05) is 11.5 Å². The number of benzene rings is 1. The summed E-state index contributed by atoms with van der Waals surface area (Å²) in [5.74, 6) is 2.08. The van der Waals surface area contributed by atoms with Gasteiger partial charge in [0.1, 0.15) is 0 Å². The summed E-state index contributed by atoms with van der Waals surface area (Å²) in [4.78, 5) is 30.4. The maximum absolute atomic E-state index is 10.2. The van der Waals surface area contributed by atoms with E-state index in [1.165, 1.54) is 17.9 Å². The summed E-state index contributed by atoms with van der Waals surface area (Å²) < 4.78 is 0. The van der Waals surface area contributed by atoms with Crippen LogP contribution in [-0.4, -0.2) is 39.5 Å². The molecule has 0 bridgehead atoms. The van der Waals surface area contributed by atoms with Gasteiger partial charge in [0.05, 0.1) is 12.2 Å². The topological polar surface area (TPSA) is 83.5 Å². The molecule has 2 heterocycles. The van der Waals surface area contributed by atoms with Gasteiger partial charge in [0.25, 0.3) is 5.24 Å². The van der Waals surface area contributed by atoms with Crippen molar-refractivity contribution in [2.45, 2.75) is 12.8 Å². The molecular weight excluding hydrogens is 342 g/mol. The molecule has 0 spiro atoms. The van der Waals surface area contributed by atoms with E-state index in [-0.39, 0.29) is 17.6 Å². The number of nitrogens with one attached hydrogen (secondary N) is 1. The zero-order valence-electron chi connectivity index (χ0n) is 11.8. The van der Waals surface area contributed by atoms with Crippen LogP contribution in [0.3, 0.4) is 0 Å². The van der Waals surface area contributed by atoms with Crippen LogP contribution in [0, 0.1) is 0 Å². The number of carboxylic acid groups (broad SMARTS) is 1. The van der Waals surface area contributed by atoms with Crippen molar-refractivity contribution in [1.29, 1.82) is 0 Å². The largest absolute Gasteiger partial charge is 0.481 e. The van der Waals surface area contributed by atoms with E-state index in [1.807, 2.05) is 39.8 Å². The first kappa shape index (κ1) is 18.9. The molecule has 2 aliphatic heterocycles. The van der Waals surface area contributed by atoms with E-state index in [4.69, 9.17) is 5.11 Å². The molecule has 2 fully saturated rings. The van der Waals surface area contributed by atoms with Gasteiger partial charge in [-0.15, -0.1) is 0 Å². The summed E-state index contributed by atoms with van der Waals surface area (Å²) in [7, 11) is 3.98. The quantitative estimate of drug-likeness (QED) is 0.785. The van der Waals surface area contributed by atoms with E-state index in [0.29, 0.717) is 5.75 Å². The first-order valence-electron chi connectivity index (χ1n) is 6.54. The molecule has 0 radical (unpaired) electrons. The Morgan fingerprint density at radius 3 is 2.09 bits per heavy atom. The summed E-state index contributed by atoms with van der Waals surface area (Å²) in [5, 5.41) is 10.2. The third kappa shape index (κ3) is 9.75. The number of carboxylic acids is 1. The van der Waals surface area contributed by atoms with Crippen molar-refractivity contribution in [3.63, 3.8) is 0 Å². The van der Waals surface area contributed by atoms with Crippen molar-refractivity contribution in [2.24, 2.45) is 0 Å². The molecule has 0 saturated carbocycles. The van der Waals surface area contributed by atoms with Gasteiger partial charge in [-0.25, -0.2) is 0 Å². The number of carbonyl (C=O) groups is 3. The Kier molecular flexibility index (Phi) is 9.85. The summed E-state index contributed by atoms with van der Waals surface area (Å²) in [5.41, 5.74) is 0.843. The van der Waals surface area contributed by atoms with Crippen molar-refractivity contribution in [2.75, 3.05) is 17.3 Å². The van der Waals surface area contributed by atoms with Gasteiger partial charge < -0.3 is 5.11 Å². The molecule has 1 aromatic rings. The fourth-order valence-electron chi connectivity index (χ4n) is 1.38. The second-order valence-electron chi connectivity index (χ2n) is 4.18. The van der Waals surface area contributed by atoms with Gasteiger partial charge in [-0.3, -0.25) is 19.7 Å². The van der Waals surface area contributed by atoms with Crippen LogP contribution in [0.1, 0.15) is 12.0 Å². The minimum absolute atomic E-state index is 0.112. The highest BCUT2D eigenvalue weighted by Gasteiger charge is 2.16. The summed E-state index contributed by atoms with van der Waals surface area (Å²) in [6, 6.07) is 9.13. The molecule has 0 aromatic heterocycles. The normalized spacial score (nSPS) is 16.0. The van der Waals surface area contributed by atoms with Gasteiger partial charge in [-0.1, -0.05) is 63.7 Å². The van der Waals surface area contributed by atoms with Gasteiger partial charge in [0.2, 0.25) is 5.91 Å². The lowest BCUT2D eigenvalue weighted by Crippen LogP contribution is -2.18. The second kappa shape index (κ2) is 11.4. The standard InChI is InChI=1S/C8H8O2.C3H3NO2S.C3H6S2/c9-8(10)6-7-4-2-1-3-5-7;5-2-1-7-3(6)4-2;1-2-4-5-3-1/h1-5H,6H2,(H,9,10);1H2,(H,4,5,6);1-3H2. The van der Waals surface area contributed by atoms with Crippen LogP contribution in [0.2, 0.25) is 0 Å². The van der Waals surface area contributed by atoms with E-state index in [9.17, 15) is 14.4 Å². The molecule has 1 aromatic carbocycles. The third-order valence-corrected chi connectivity index (χ3v) is 5.66. The fourth-order valence-corrected chi connectivity index (χ4v) is 4.26. The number of amides is 2. The van der Waals surface area contributed by atoms with E-state index < -0.39 is 5.97 Å². The summed E-state index contributed by atoms with van der Waals surface area (Å²) >= 11 is 1.01. The molecule has 120 valence electrons. The van der Waals surface area contributed by atoms with Crippen LogP contribution in [0.4, 0.5) is 4.79 Å². The Hall–Kier alpha value is -1.12. The molecule has 2 aliphatic rings. The van der Waals surface area contributed by atoms with Gasteiger partial charge >= 0.3 is 5.97 Å². The van der Waals surface area contributed by atoms with Gasteiger partial charge in [0.15, 0.2) is 0 Å². The zero-order valence-corrected chi connectivity index (χ0v) is 14.3. The molecule has 0 aliphatic carbocycles. The fraction of sp³-hybridized carbons (Fsp3) is 0.357. The SMILES string of the molecule is C1CSSC1.O=C(O)Cc1ccccc1.O=C1CSC(=O)N1. The summed E-state index contributed by atoms with van der Waals surface area (Å²) in [6.45, 7) is 0. The van der Waals surface area contributed by atoms with Crippen LogP contribution >= 0.6 is 33.3 Å². The number of carbonyl (C=O) groups excluding carboxylic acids is 2. The maximum Gasteiger partial charge on any atom is 0.307 e. The molecule has 22 heavy (non-hydrogen) atoms. The Morgan fingerprint density at radius 1 is 1.14 bits per heavy atom. The van der Waals surface area contributed by atoms with E-state index in [0.717, 1.165) is 17.3 Å². The Morgan fingerprint density at radius 2 is 1.77 bits per heavy atom. The molecule has 0 unspecified atom stereocenters. The predicted octanol–water partition coefficient (Wildman–Crippen LogP) is 3.05. The van der Waals surface area contributed by atoms with Crippen molar-refractivity contribution in [3.8, 4) is 0 Å². The summed E-state index contributed by atoms with van der Waals surface area (Å²) in [6.07, 6.45) is 1.54. The molecule has 8 heteroatoms. The molecular formula is C14H17NO4S3.